The van der Waals surface area contributed by atoms with Gasteiger partial charge in [-0.3, -0.25) is 4.79 Å². The van der Waals surface area contributed by atoms with Crippen molar-refractivity contribution in [3.63, 3.8) is 0 Å². The van der Waals surface area contributed by atoms with E-state index in [0.29, 0.717) is 98.1 Å². The summed E-state index contributed by atoms with van der Waals surface area (Å²) in [7, 11) is 0. The molecule has 0 unspecified atom stereocenters. The average molecular weight is 686 g/mol. The van der Waals surface area contributed by atoms with Crippen LogP contribution in [0.3, 0.4) is 0 Å². The van der Waals surface area contributed by atoms with Gasteiger partial charge in [-0.25, -0.2) is 4.98 Å². The maximum atomic E-state index is 11.9. The van der Waals surface area contributed by atoms with Crippen molar-refractivity contribution in [1.82, 2.24) is 15.6 Å². The minimum Gasteiger partial charge on any atom is -0.473 e. The number of hydrogen-bond acceptors (Lipinski definition) is 9. The topological polar surface area (TPSA) is 109 Å². The number of nitrogens with zero attached hydrogens (tertiary/aromatic N) is 1. The van der Waals surface area contributed by atoms with Gasteiger partial charge in [0.2, 0.25) is 11.8 Å². The van der Waals surface area contributed by atoms with E-state index in [2.05, 4.69) is 65.0 Å². The van der Waals surface area contributed by atoms with Crippen LogP contribution in [0.15, 0.2) is 97.2 Å². The summed E-state index contributed by atoms with van der Waals surface area (Å²) in [6.07, 6.45) is 2.17. The maximum Gasteiger partial charge on any atom is 0.222 e. The predicted octanol–water partition coefficient (Wildman–Crippen LogP) is 5.52. The number of aromatic nitrogens is 1. The second-order valence-electron chi connectivity index (χ2n) is 11.5. The van der Waals surface area contributed by atoms with Gasteiger partial charge >= 0.3 is 0 Å². The summed E-state index contributed by atoms with van der Waals surface area (Å²) >= 11 is 0. The molecule has 4 aromatic rings. The zero-order chi connectivity index (χ0) is 34.9. The fraction of sp³-hybridized carbons (Fsp3) is 0.400. The highest BCUT2D eigenvalue weighted by atomic mass is 16.6. The van der Waals surface area contributed by atoms with E-state index in [1.807, 2.05) is 54.7 Å². The average Bonchev–Trinajstić information content (AvgIpc) is 3.15. The van der Waals surface area contributed by atoms with Gasteiger partial charge in [-0.05, 0) is 40.3 Å². The Morgan fingerprint density at radius 1 is 0.620 bits per heavy atom. The third-order valence-electron chi connectivity index (χ3n) is 7.75. The van der Waals surface area contributed by atoms with Crippen molar-refractivity contribution in [2.24, 2.45) is 0 Å². The quantitative estimate of drug-likeness (QED) is 0.0827. The van der Waals surface area contributed by atoms with Crippen molar-refractivity contribution in [2.75, 3.05) is 72.6 Å². The Bertz CT molecular complexity index is 1470. The van der Waals surface area contributed by atoms with E-state index in [-0.39, 0.29) is 5.91 Å². The number of ether oxygens (including phenoxy) is 6. The molecule has 10 heteroatoms. The first-order valence-corrected chi connectivity index (χ1v) is 17.3. The van der Waals surface area contributed by atoms with Crippen molar-refractivity contribution in [1.29, 1.82) is 0 Å². The number of benzene rings is 3. The van der Waals surface area contributed by atoms with E-state index in [4.69, 9.17) is 28.4 Å². The summed E-state index contributed by atoms with van der Waals surface area (Å²) in [4.78, 5) is 16.3. The Morgan fingerprint density at radius 2 is 1.24 bits per heavy atom. The molecule has 1 amide bonds. The SMILES string of the molecule is Cc1c(COc2ccc(CNCCOCCOCCOCCOCCOCCC(=O)NCc3ccccc3)cn2)cccc1-c1ccccc1. The molecule has 0 aliphatic carbocycles. The summed E-state index contributed by atoms with van der Waals surface area (Å²) in [6.45, 7) is 9.45. The molecule has 0 fully saturated rings. The van der Waals surface area contributed by atoms with Crippen molar-refractivity contribution in [3.8, 4) is 17.0 Å². The number of nitrogens with one attached hydrogen (secondary N) is 2. The first-order valence-electron chi connectivity index (χ1n) is 17.3. The Balaban J connectivity index is 0.893. The smallest absolute Gasteiger partial charge is 0.222 e. The molecule has 268 valence electrons. The number of amides is 1. The number of rotatable bonds is 26. The summed E-state index contributed by atoms with van der Waals surface area (Å²) in [6, 6.07) is 30.5. The molecule has 0 atom stereocenters. The Kier molecular flexibility index (Phi) is 18.6. The molecule has 0 aliphatic heterocycles. The number of pyridine rings is 1. The minimum absolute atomic E-state index is 0.0278. The lowest BCUT2D eigenvalue weighted by molar-refractivity contribution is -0.122. The molecule has 4 rings (SSSR count). The molecule has 0 saturated heterocycles. The van der Waals surface area contributed by atoms with E-state index >= 15 is 0 Å². The first kappa shape index (κ1) is 38.6. The van der Waals surface area contributed by atoms with Gasteiger partial charge in [0, 0.05) is 38.3 Å². The van der Waals surface area contributed by atoms with Crippen LogP contribution in [-0.4, -0.2) is 83.5 Å². The van der Waals surface area contributed by atoms with Crippen molar-refractivity contribution in [2.45, 2.75) is 33.0 Å². The molecule has 0 saturated carbocycles. The van der Waals surface area contributed by atoms with Crippen LogP contribution in [0.2, 0.25) is 0 Å². The van der Waals surface area contributed by atoms with E-state index < -0.39 is 0 Å². The Morgan fingerprint density at radius 3 is 1.88 bits per heavy atom. The third kappa shape index (κ3) is 15.6. The van der Waals surface area contributed by atoms with Crippen LogP contribution in [0.4, 0.5) is 0 Å². The second-order valence-corrected chi connectivity index (χ2v) is 11.5. The summed E-state index contributed by atoms with van der Waals surface area (Å²) in [5.41, 5.74) is 6.94. The van der Waals surface area contributed by atoms with Gasteiger partial charge in [0.25, 0.3) is 0 Å². The van der Waals surface area contributed by atoms with Crippen molar-refractivity contribution in [3.05, 3.63) is 119 Å². The predicted molar refractivity (Wildman–Crippen MR) is 194 cm³/mol. The van der Waals surface area contributed by atoms with E-state index in [9.17, 15) is 4.79 Å². The van der Waals surface area contributed by atoms with E-state index in [1.54, 1.807) is 0 Å². The minimum atomic E-state index is -0.0278. The monoisotopic (exact) mass is 685 g/mol. The summed E-state index contributed by atoms with van der Waals surface area (Å²) in [5.74, 6) is 0.580. The van der Waals surface area contributed by atoms with Crippen LogP contribution in [0.25, 0.3) is 11.1 Å². The molecule has 2 N–H and O–H groups in total. The van der Waals surface area contributed by atoms with Gasteiger partial charge in [0.15, 0.2) is 0 Å². The maximum absolute atomic E-state index is 11.9. The third-order valence-corrected chi connectivity index (χ3v) is 7.75. The first-order chi connectivity index (χ1) is 24.7. The Hall–Kier alpha value is -4.16. The standard InChI is InChI=1S/C40H51N3O7/c1-33-37(13-8-14-38(33)36-11-6-3-7-12-36)32-50-40-16-15-35(31-43-40)29-41-18-20-46-22-24-48-26-28-49-27-25-47-23-21-45-19-17-39(44)42-30-34-9-4-2-5-10-34/h2-16,31,41H,17-30,32H2,1H3,(H,42,44). The summed E-state index contributed by atoms with van der Waals surface area (Å²) in [5, 5.41) is 6.25. The molecular weight excluding hydrogens is 634 g/mol. The van der Waals surface area contributed by atoms with Gasteiger partial charge in [-0.1, -0.05) is 84.9 Å². The molecule has 0 spiro atoms. The van der Waals surface area contributed by atoms with Crippen LogP contribution < -0.4 is 15.4 Å². The zero-order valence-electron chi connectivity index (χ0n) is 29.1. The van der Waals surface area contributed by atoms with Crippen molar-refractivity contribution >= 4 is 5.91 Å². The molecule has 0 bridgehead atoms. The normalized spacial score (nSPS) is 11.1. The van der Waals surface area contributed by atoms with Gasteiger partial charge in [-0.2, -0.15) is 0 Å². The van der Waals surface area contributed by atoms with Crippen LogP contribution in [0.5, 0.6) is 5.88 Å². The molecule has 1 heterocycles. The largest absolute Gasteiger partial charge is 0.473 e. The molecular formula is C40H51N3O7. The molecule has 0 aliphatic rings. The van der Waals surface area contributed by atoms with Crippen molar-refractivity contribution < 1.29 is 33.2 Å². The molecule has 1 aromatic heterocycles. The van der Waals surface area contributed by atoms with Crippen LogP contribution >= 0.6 is 0 Å². The van der Waals surface area contributed by atoms with Gasteiger partial charge in [0.1, 0.15) is 6.61 Å². The highest BCUT2D eigenvalue weighted by Crippen LogP contribution is 2.26. The van der Waals surface area contributed by atoms with Gasteiger partial charge < -0.3 is 39.1 Å². The molecule has 3 aromatic carbocycles. The fourth-order valence-electron chi connectivity index (χ4n) is 4.93. The molecule has 50 heavy (non-hydrogen) atoms. The highest BCUT2D eigenvalue weighted by Gasteiger charge is 2.07. The highest BCUT2D eigenvalue weighted by molar-refractivity contribution is 5.75. The van der Waals surface area contributed by atoms with Gasteiger partial charge in [-0.15, -0.1) is 0 Å². The van der Waals surface area contributed by atoms with Crippen LogP contribution in [0, 0.1) is 6.92 Å². The molecule has 0 radical (unpaired) electrons. The lowest BCUT2D eigenvalue weighted by atomic mass is 9.97. The molecule has 10 nitrogen and oxygen atoms in total. The second kappa shape index (κ2) is 24.1. The van der Waals surface area contributed by atoms with Gasteiger partial charge in [0.05, 0.1) is 66.1 Å². The number of hydrogen-bond donors (Lipinski definition) is 2. The zero-order valence-corrected chi connectivity index (χ0v) is 29.1. The van der Waals surface area contributed by atoms with Crippen LogP contribution in [-0.2, 0) is 48.2 Å². The lowest BCUT2D eigenvalue weighted by Crippen LogP contribution is -2.24. The summed E-state index contributed by atoms with van der Waals surface area (Å²) < 4.78 is 33.6. The Labute approximate surface area is 296 Å². The fourth-order valence-corrected chi connectivity index (χ4v) is 4.93. The van der Waals surface area contributed by atoms with E-state index in [1.165, 1.54) is 16.7 Å². The lowest BCUT2D eigenvalue weighted by Gasteiger charge is -2.13. The van der Waals surface area contributed by atoms with E-state index in [0.717, 1.165) is 23.2 Å². The number of carbonyl (C=O) groups excluding carboxylic acids is 1. The van der Waals surface area contributed by atoms with Crippen LogP contribution in [0.1, 0.15) is 28.7 Å². The number of carbonyl (C=O) groups is 1.